The van der Waals surface area contributed by atoms with E-state index in [0.29, 0.717) is 0 Å². The van der Waals surface area contributed by atoms with Crippen LogP contribution in [0.1, 0.15) is 29.0 Å². The van der Waals surface area contributed by atoms with Crippen LogP contribution in [0.25, 0.3) is 0 Å². The third-order valence-electron chi connectivity index (χ3n) is 2.70. The van der Waals surface area contributed by atoms with E-state index >= 15 is 0 Å². The van der Waals surface area contributed by atoms with Gasteiger partial charge in [-0.1, -0.05) is 41.9 Å². The molecule has 0 aliphatic carbocycles. The first-order chi connectivity index (χ1) is 8.52. The van der Waals surface area contributed by atoms with Gasteiger partial charge in [0.1, 0.15) is 0 Å². The Balaban J connectivity index is 0.00000180. The zero-order valence-electron chi connectivity index (χ0n) is 9.77. The molecular formula is C12H10AgCl2N2O2. The van der Waals surface area contributed by atoms with Crippen LogP contribution in [0.5, 0.6) is 0 Å². The number of rotatable bonds is 3. The summed E-state index contributed by atoms with van der Waals surface area (Å²) in [6.45, 7) is 1.84. The Kier molecular flexibility index (Phi) is 5.64. The fourth-order valence-corrected chi connectivity index (χ4v) is 2.42. The van der Waals surface area contributed by atoms with Crippen LogP contribution in [0, 0.1) is 0 Å². The SMILES string of the molecule is CC(c1ccccc1)n1c(Cl)nc(Cl)c1C(=O)O.[Ag]. The van der Waals surface area contributed by atoms with Crippen LogP contribution < -0.4 is 0 Å². The molecule has 0 amide bonds. The Hall–Kier alpha value is -0.780. The van der Waals surface area contributed by atoms with Crippen molar-refractivity contribution in [2.75, 3.05) is 0 Å². The average Bonchev–Trinajstić information content (AvgIpc) is 2.64. The zero-order chi connectivity index (χ0) is 13.3. The van der Waals surface area contributed by atoms with Gasteiger partial charge in [0.05, 0.1) is 6.04 Å². The largest absolute Gasteiger partial charge is 0.476 e. The van der Waals surface area contributed by atoms with Gasteiger partial charge in [-0.3, -0.25) is 0 Å². The summed E-state index contributed by atoms with van der Waals surface area (Å²) in [6, 6.07) is 9.15. The molecule has 0 fully saturated rings. The third-order valence-corrected chi connectivity index (χ3v) is 3.23. The molecule has 2 aromatic rings. The molecule has 0 saturated carbocycles. The number of halogens is 2. The van der Waals surface area contributed by atoms with E-state index in [9.17, 15) is 4.79 Å². The van der Waals surface area contributed by atoms with E-state index < -0.39 is 5.97 Å². The molecule has 1 aromatic carbocycles. The van der Waals surface area contributed by atoms with Crippen LogP contribution in [-0.2, 0) is 22.4 Å². The van der Waals surface area contributed by atoms with Gasteiger partial charge in [0.25, 0.3) is 0 Å². The molecule has 0 bridgehead atoms. The summed E-state index contributed by atoms with van der Waals surface area (Å²) in [5.74, 6) is -1.15. The summed E-state index contributed by atoms with van der Waals surface area (Å²) >= 11 is 11.7. The number of carboxylic acid groups (broad SMARTS) is 1. The standard InChI is InChI=1S/C12H10Cl2N2O2.Ag/c1-7(8-5-3-2-4-6-8)16-9(11(17)18)10(13)15-12(16)14;/h2-7H,1H3,(H,17,18);. The van der Waals surface area contributed by atoms with Gasteiger partial charge in [-0.2, -0.15) is 0 Å². The minimum Gasteiger partial charge on any atom is -0.476 e. The maximum atomic E-state index is 11.2. The van der Waals surface area contributed by atoms with Crippen molar-refractivity contribution >= 4 is 29.2 Å². The fraction of sp³-hybridized carbons (Fsp3) is 0.167. The molecular weight excluding hydrogens is 383 g/mol. The van der Waals surface area contributed by atoms with E-state index in [1.54, 1.807) is 0 Å². The predicted molar refractivity (Wildman–Crippen MR) is 69.5 cm³/mol. The number of imidazole rings is 1. The quantitative estimate of drug-likeness (QED) is 0.813. The Morgan fingerprint density at radius 2 is 1.89 bits per heavy atom. The van der Waals surface area contributed by atoms with Crippen LogP contribution in [0.3, 0.4) is 0 Å². The zero-order valence-corrected chi connectivity index (χ0v) is 12.8. The summed E-state index contributed by atoms with van der Waals surface area (Å²) in [7, 11) is 0. The van der Waals surface area contributed by atoms with Crippen molar-refractivity contribution in [1.29, 1.82) is 0 Å². The maximum absolute atomic E-state index is 11.2. The van der Waals surface area contributed by atoms with Crippen molar-refractivity contribution in [3.8, 4) is 0 Å². The van der Waals surface area contributed by atoms with Crippen LogP contribution in [0.4, 0.5) is 0 Å². The molecule has 1 atom stereocenters. The van der Waals surface area contributed by atoms with Gasteiger partial charge in [-0.15, -0.1) is 0 Å². The number of nitrogens with zero attached hydrogens (tertiary/aromatic N) is 2. The second kappa shape index (κ2) is 6.59. The van der Waals surface area contributed by atoms with Gasteiger partial charge < -0.3 is 9.67 Å². The first-order valence-corrected chi connectivity index (χ1v) is 5.99. The molecule has 1 aromatic heterocycles. The number of benzene rings is 1. The number of aromatic nitrogens is 2. The summed E-state index contributed by atoms with van der Waals surface area (Å²) in [5, 5.41) is 9.11. The minimum absolute atomic E-state index is 0. The molecule has 19 heavy (non-hydrogen) atoms. The molecule has 1 unspecified atom stereocenters. The number of hydrogen-bond donors (Lipinski definition) is 1. The Morgan fingerprint density at radius 3 is 2.42 bits per heavy atom. The summed E-state index contributed by atoms with van der Waals surface area (Å²) in [6.07, 6.45) is 0. The first kappa shape index (κ1) is 16.3. The van der Waals surface area contributed by atoms with Crippen LogP contribution in [0.15, 0.2) is 30.3 Å². The van der Waals surface area contributed by atoms with Crippen LogP contribution in [0.2, 0.25) is 10.4 Å². The number of carbonyl (C=O) groups is 1. The third kappa shape index (κ3) is 3.22. The molecule has 7 heteroatoms. The average molecular weight is 393 g/mol. The van der Waals surface area contributed by atoms with Crippen molar-refractivity contribution in [3.63, 3.8) is 0 Å². The van der Waals surface area contributed by atoms with Gasteiger partial charge in [0.15, 0.2) is 10.8 Å². The summed E-state index contributed by atoms with van der Waals surface area (Å²) in [5.41, 5.74) is 0.828. The second-order valence-electron chi connectivity index (χ2n) is 3.78. The van der Waals surface area contributed by atoms with Gasteiger partial charge in [-0.05, 0) is 24.1 Å². The monoisotopic (exact) mass is 391 g/mol. The van der Waals surface area contributed by atoms with Gasteiger partial charge in [0, 0.05) is 22.4 Å². The van der Waals surface area contributed by atoms with Crippen LogP contribution >= 0.6 is 23.2 Å². The van der Waals surface area contributed by atoms with Gasteiger partial charge in [0.2, 0.25) is 5.28 Å². The maximum Gasteiger partial charge on any atom is 0.355 e. The Morgan fingerprint density at radius 1 is 1.32 bits per heavy atom. The topological polar surface area (TPSA) is 55.1 Å². The van der Waals surface area contributed by atoms with Crippen molar-refractivity contribution in [2.45, 2.75) is 13.0 Å². The minimum atomic E-state index is -1.15. The second-order valence-corrected chi connectivity index (χ2v) is 4.48. The molecule has 1 heterocycles. The Labute approximate surface area is 135 Å². The molecule has 1 radical (unpaired) electrons. The van der Waals surface area contributed by atoms with E-state index in [1.165, 1.54) is 4.57 Å². The summed E-state index contributed by atoms with van der Waals surface area (Å²) in [4.78, 5) is 15.0. The molecule has 0 aliphatic heterocycles. The number of aromatic carboxylic acids is 1. The van der Waals surface area contributed by atoms with Crippen molar-refractivity contribution in [2.24, 2.45) is 0 Å². The Bertz CT molecular complexity index is 587. The van der Waals surface area contributed by atoms with Crippen molar-refractivity contribution in [1.82, 2.24) is 9.55 Å². The van der Waals surface area contributed by atoms with Gasteiger partial charge in [-0.25, -0.2) is 9.78 Å². The van der Waals surface area contributed by atoms with Gasteiger partial charge >= 0.3 is 5.97 Å². The predicted octanol–water partition coefficient (Wildman–Crippen LogP) is 3.49. The normalized spacial score (nSPS) is 11.7. The molecule has 4 nitrogen and oxygen atoms in total. The molecule has 0 spiro atoms. The van der Waals surface area contributed by atoms with E-state index in [1.807, 2.05) is 37.3 Å². The number of hydrogen-bond acceptors (Lipinski definition) is 2. The molecule has 105 valence electrons. The smallest absolute Gasteiger partial charge is 0.355 e. The molecule has 0 aliphatic rings. The molecule has 1 N–H and O–H groups in total. The van der Waals surface area contributed by atoms with Crippen LogP contribution in [-0.4, -0.2) is 20.6 Å². The van der Waals surface area contributed by atoms with E-state index in [4.69, 9.17) is 28.3 Å². The summed E-state index contributed by atoms with van der Waals surface area (Å²) < 4.78 is 1.40. The van der Waals surface area contributed by atoms with E-state index in [-0.39, 0.29) is 44.6 Å². The first-order valence-electron chi connectivity index (χ1n) is 5.24. The number of carboxylic acids is 1. The van der Waals surface area contributed by atoms with Crippen molar-refractivity contribution < 1.29 is 32.3 Å². The van der Waals surface area contributed by atoms with Crippen molar-refractivity contribution in [3.05, 3.63) is 52.0 Å². The fourth-order valence-electron chi connectivity index (χ4n) is 1.80. The molecule has 2 rings (SSSR count). The van der Waals surface area contributed by atoms with E-state index in [2.05, 4.69) is 4.98 Å². The molecule has 0 saturated heterocycles. The van der Waals surface area contributed by atoms with E-state index in [0.717, 1.165) is 5.56 Å².